The second kappa shape index (κ2) is 11.1. The summed E-state index contributed by atoms with van der Waals surface area (Å²) in [5, 5.41) is 15.4. The summed E-state index contributed by atoms with van der Waals surface area (Å²) < 4.78 is 36.3. The van der Waals surface area contributed by atoms with Crippen molar-refractivity contribution in [1.82, 2.24) is 0 Å². The van der Waals surface area contributed by atoms with E-state index in [1.54, 1.807) is 0 Å². The molecule has 0 aliphatic rings. The normalized spacial score (nSPS) is 10.2. The van der Waals surface area contributed by atoms with Crippen molar-refractivity contribution in [1.29, 1.82) is 0 Å². The average molecular weight is 343 g/mol. The summed E-state index contributed by atoms with van der Waals surface area (Å²) >= 11 is 0.597. The Kier molecular flexibility index (Phi) is 14.0. The van der Waals surface area contributed by atoms with E-state index in [1.165, 1.54) is 13.1 Å². The van der Waals surface area contributed by atoms with Gasteiger partial charge in [-0.1, -0.05) is 0 Å². The van der Waals surface area contributed by atoms with Gasteiger partial charge in [0.25, 0.3) is 0 Å². The van der Waals surface area contributed by atoms with E-state index in [0.717, 1.165) is 12.1 Å². The van der Waals surface area contributed by atoms with E-state index >= 15 is 0 Å². The molecular weight excluding hydrogens is 336 g/mol. The van der Waals surface area contributed by atoms with Crippen LogP contribution in [0.1, 0.15) is 0 Å². The molecular formula is C7H7K2NO6S2. The number of anilines is 1. The fourth-order valence-electron chi connectivity index (χ4n) is 0.983. The van der Waals surface area contributed by atoms with Gasteiger partial charge in [-0.2, -0.15) is 4.33 Å². The summed E-state index contributed by atoms with van der Waals surface area (Å²) in [6.45, 7) is 0. The van der Waals surface area contributed by atoms with Gasteiger partial charge in [0.1, 0.15) is 10.1 Å². The van der Waals surface area contributed by atoms with Crippen LogP contribution in [0.5, 0.6) is 0 Å². The maximum atomic E-state index is 10.7. The molecule has 7 nitrogen and oxygen atoms in total. The van der Waals surface area contributed by atoms with Gasteiger partial charge in [0.05, 0.1) is 27.5 Å². The zero-order valence-electron chi connectivity index (χ0n) is 10.00. The van der Waals surface area contributed by atoms with Gasteiger partial charge in [-0.25, -0.2) is 8.42 Å². The van der Waals surface area contributed by atoms with E-state index in [4.69, 9.17) is 0 Å². The smallest absolute Gasteiger partial charge is 0.744 e. The van der Waals surface area contributed by atoms with Gasteiger partial charge < -0.3 is 15.1 Å². The van der Waals surface area contributed by atoms with Gasteiger partial charge in [-0.3, -0.25) is 5.04 Å². The SMILES string of the molecule is CNc1cc(S(=O)(=O)[O-])ccc1SOO[O-].[K+].[K+]. The minimum Gasteiger partial charge on any atom is -0.744 e. The van der Waals surface area contributed by atoms with Crippen LogP contribution < -0.4 is 113 Å². The third-order valence-electron chi connectivity index (χ3n) is 1.66. The summed E-state index contributed by atoms with van der Waals surface area (Å²) in [6, 6.07) is 3.57. The third-order valence-corrected chi connectivity index (χ3v) is 3.15. The Morgan fingerprint density at radius 2 is 1.94 bits per heavy atom. The van der Waals surface area contributed by atoms with Crippen molar-refractivity contribution in [3.8, 4) is 0 Å². The molecule has 0 aliphatic heterocycles. The second-order valence-corrected chi connectivity index (χ2v) is 4.70. The zero-order valence-corrected chi connectivity index (χ0v) is 17.9. The van der Waals surface area contributed by atoms with Gasteiger partial charge in [0, 0.05) is 7.05 Å². The standard InChI is InChI=1S/C7H9NO6S2.2K/c1-8-6-4-5(16(10,11)12)2-3-7(6)15-14-13-9;;/h2-4,8-9H,1H3,(H,10,11,12);;/q;2*+1/p-2. The van der Waals surface area contributed by atoms with Crippen molar-refractivity contribution in [2.45, 2.75) is 9.79 Å². The molecule has 0 amide bonds. The molecule has 1 aromatic carbocycles. The fraction of sp³-hybridized carbons (Fsp3) is 0.143. The molecule has 0 radical (unpaired) electrons. The molecule has 1 aromatic rings. The largest absolute Gasteiger partial charge is 1.00 e. The summed E-state index contributed by atoms with van der Waals surface area (Å²) in [5.74, 6) is 0. The van der Waals surface area contributed by atoms with Crippen LogP contribution in [0.4, 0.5) is 5.69 Å². The second-order valence-electron chi connectivity index (χ2n) is 2.58. The van der Waals surface area contributed by atoms with E-state index in [1.807, 2.05) is 0 Å². The first-order valence-electron chi connectivity index (χ1n) is 3.90. The minimum atomic E-state index is -4.51. The summed E-state index contributed by atoms with van der Waals surface area (Å²) in [4.78, 5) is 0.0370. The predicted octanol–water partition coefficient (Wildman–Crippen LogP) is -6.13. The number of rotatable bonds is 5. The quantitative estimate of drug-likeness (QED) is 0.185. The van der Waals surface area contributed by atoms with Gasteiger partial charge in [0.15, 0.2) is 0 Å². The molecule has 0 aromatic heterocycles. The van der Waals surface area contributed by atoms with Crippen LogP contribution in [-0.4, -0.2) is 20.0 Å². The molecule has 18 heavy (non-hydrogen) atoms. The summed E-state index contributed by atoms with van der Waals surface area (Å²) in [7, 11) is -2.98. The Labute approximate surface area is 194 Å². The Morgan fingerprint density at radius 3 is 2.39 bits per heavy atom. The van der Waals surface area contributed by atoms with Crippen molar-refractivity contribution in [3.63, 3.8) is 0 Å². The molecule has 1 N–H and O–H groups in total. The predicted molar refractivity (Wildman–Crippen MR) is 52.0 cm³/mol. The molecule has 0 aliphatic carbocycles. The molecule has 0 saturated carbocycles. The van der Waals surface area contributed by atoms with Crippen molar-refractivity contribution in [3.05, 3.63) is 18.2 Å². The maximum Gasteiger partial charge on any atom is 1.00 e. The van der Waals surface area contributed by atoms with Gasteiger partial charge in [-0.15, -0.1) is 0 Å². The Morgan fingerprint density at radius 1 is 1.33 bits per heavy atom. The van der Waals surface area contributed by atoms with Crippen LogP contribution >= 0.6 is 12.0 Å². The monoisotopic (exact) mass is 343 g/mol. The number of hydrogen-bond acceptors (Lipinski definition) is 8. The Bertz CT molecular complexity index is 469. The zero-order chi connectivity index (χ0) is 12.2. The molecule has 0 heterocycles. The first-order chi connectivity index (χ1) is 7.49. The van der Waals surface area contributed by atoms with Crippen LogP contribution in [0, 0.1) is 0 Å². The molecule has 0 atom stereocenters. The number of hydrogen-bond donors (Lipinski definition) is 1. The van der Waals surface area contributed by atoms with Crippen molar-refractivity contribution in [2.75, 3.05) is 12.4 Å². The van der Waals surface area contributed by atoms with Crippen LogP contribution in [0.15, 0.2) is 28.0 Å². The average Bonchev–Trinajstić information content (AvgIpc) is 2.24. The Balaban J connectivity index is 0. The molecule has 0 spiro atoms. The van der Waals surface area contributed by atoms with Crippen LogP contribution in [0.3, 0.4) is 0 Å². The molecule has 11 heteroatoms. The fourth-order valence-corrected chi connectivity index (χ4v) is 1.96. The molecule has 0 fully saturated rings. The van der Waals surface area contributed by atoms with Gasteiger partial charge >= 0.3 is 103 Å². The van der Waals surface area contributed by atoms with Crippen molar-refractivity contribution < 1.29 is 130 Å². The van der Waals surface area contributed by atoms with Gasteiger partial charge in [0.2, 0.25) is 0 Å². The van der Waals surface area contributed by atoms with Gasteiger partial charge in [-0.05, 0) is 18.2 Å². The summed E-state index contributed by atoms with van der Waals surface area (Å²) in [5.41, 5.74) is 0.332. The summed E-state index contributed by atoms with van der Waals surface area (Å²) in [6.07, 6.45) is 0. The molecule has 0 bridgehead atoms. The van der Waals surface area contributed by atoms with E-state index in [9.17, 15) is 18.2 Å². The molecule has 90 valence electrons. The van der Waals surface area contributed by atoms with E-state index in [2.05, 4.69) is 14.7 Å². The topological polar surface area (TPSA) is 111 Å². The first-order valence-corrected chi connectivity index (χ1v) is 6.05. The number of nitrogens with one attached hydrogen (secondary N) is 1. The van der Waals surface area contributed by atoms with Crippen LogP contribution in [-0.2, 0) is 19.5 Å². The third kappa shape index (κ3) is 7.44. The van der Waals surface area contributed by atoms with E-state index in [-0.39, 0.29) is 108 Å². The first kappa shape index (κ1) is 22.7. The van der Waals surface area contributed by atoms with Crippen LogP contribution in [0.2, 0.25) is 0 Å². The number of benzene rings is 1. The van der Waals surface area contributed by atoms with Crippen LogP contribution in [0.25, 0.3) is 0 Å². The molecule has 1 rings (SSSR count). The molecule has 0 saturated heterocycles. The van der Waals surface area contributed by atoms with E-state index in [0.29, 0.717) is 22.6 Å². The van der Waals surface area contributed by atoms with Crippen molar-refractivity contribution >= 4 is 27.8 Å². The maximum absolute atomic E-state index is 10.7. The minimum absolute atomic E-state index is 0. The Hall–Kier alpha value is 2.43. The molecule has 0 unspecified atom stereocenters. The van der Waals surface area contributed by atoms with E-state index < -0.39 is 10.1 Å². The van der Waals surface area contributed by atoms with Crippen molar-refractivity contribution in [2.24, 2.45) is 0 Å².